The number of anilines is 1. The van der Waals surface area contributed by atoms with E-state index in [9.17, 15) is 0 Å². The smallest absolute Gasteiger partial charge is 0.142 e. The molecular formula is C20H25N3O3. The molecule has 3 rings (SSSR count). The number of rotatable bonds is 6. The Morgan fingerprint density at radius 3 is 2.27 bits per heavy atom. The van der Waals surface area contributed by atoms with Crippen LogP contribution >= 0.6 is 0 Å². The minimum atomic E-state index is 0.780. The summed E-state index contributed by atoms with van der Waals surface area (Å²) in [6.45, 7) is 3.49. The van der Waals surface area contributed by atoms with Crippen LogP contribution in [0.15, 0.2) is 47.6 Å². The van der Waals surface area contributed by atoms with Crippen LogP contribution in [0, 0.1) is 0 Å². The molecule has 138 valence electrons. The summed E-state index contributed by atoms with van der Waals surface area (Å²) in [7, 11) is 5.02. The molecule has 1 aliphatic rings. The molecule has 0 spiro atoms. The van der Waals surface area contributed by atoms with Gasteiger partial charge in [-0.15, -0.1) is 0 Å². The zero-order valence-electron chi connectivity index (χ0n) is 15.5. The van der Waals surface area contributed by atoms with Crippen molar-refractivity contribution >= 4 is 11.9 Å². The summed E-state index contributed by atoms with van der Waals surface area (Å²) in [4.78, 5) is 2.33. The summed E-state index contributed by atoms with van der Waals surface area (Å²) in [6.07, 6.45) is 1.83. The lowest BCUT2D eigenvalue weighted by molar-refractivity contribution is 0.271. The second-order valence-electron chi connectivity index (χ2n) is 5.97. The highest BCUT2D eigenvalue weighted by atomic mass is 16.5. The molecule has 0 radical (unpaired) electrons. The van der Waals surface area contributed by atoms with Crippen LogP contribution in [-0.2, 0) is 0 Å². The highest BCUT2D eigenvalue weighted by Crippen LogP contribution is 2.28. The summed E-state index contributed by atoms with van der Waals surface area (Å²) in [5, 5.41) is 6.70. The molecule has 2 aromatic rings. The van der Waals surface area contributed by atoms with Crippen molar-refractivity contribution in [3.63, 3.8) is 0 Å². The monoisotopic (exact) mass is 355 g/mol. The fourth-order valence-corrected chi connectivity index (χ4v) is 3.03. The van der Waals surface area contributed by atoms with Crippen LogP contribution in [0.4, 0.5) is 5.69 Å². The average Bonchev–Trinajstić information content (AvgIpc) is 2.72. The predicted molar refractivity (Wildman–Crippen MR) is 104 cm³/mol. The van der Waals surface area contributed by atoms with E-state index in [1.165, 1.54) is 0 Å². The molecule has 0 amide bonds. The van der Waals surface area contributed by atoms with Crippen molar-refractivity contribution < 1.29 is 14.2 Å². The van der Waals surface area contributed by atoms with Crippen LogP contribution in [-0.4, -0.2) is 58.7 Å². The molecular weight excluding hydrogens is 330 g/mol. The van der Waals surface area contributed by atoms with E-state index in [1.807, 2.05) is 42.6 Å². The number of methoxy groups -OCH3 is 3. The van der Waals surface area contributed by atoms with E-state index < -0.39 is 0 Å². The Morgan fingerprint density at radius 2 is 1.58 bits per heavy atom. The maximum atomic E-state index is 5.47. The molecule has 6 nitrogen and oxygen atoms in total. The van der Waals surface area contributed by atoms with E-state index in [2.05, 4.69) is 21.1 Å². The normalized spacial score (nSPS) is 14.6. The lowest BCUT2D eigenvalue weighted by Gasteiger charge is -2.35. The highest BCUT2D eigenvalue weighted by molar-refractivity contribution is 5.84. The first-order valence-electron chi connectivity index (χ1n) is 8.64. The van der Waals surface area contributed by atoms with E-state index in [1.54, 1.807) is 21.3 Å². The molecule has 0 atom stereocenters. The Kier molecular flexibility index (Phi) is 5.84. The fraction of sp³-hybridized carbons (Fsp3) is 0.350. The molecule has 1 aliphatic heterocycles. The Labute approximate surface area is 154 Å². The standard InChI is InChI=1S/C20H25N3O3/c1-24-17-8-9-19(25-2)16(14-17)15-21-23-12-10-22(11-13-23)18-6-4-5-7-20(18)26-3/h4-9,14-15H,10-13H2,1-3H3. The molecule has 0 unspecified atom stereocenters. The summed E-state index contributed by atoms with van der Waals surface area (Å²) in [5.41, 5.74) is 2.03. The van der Waals surface area contributed by atoms with Gasteiger partial charge in [-0.25, -0.2) is 0 Å². The summed E-state index contributed by atoms with van der Waals surface area (Å²) in [6, 6.07) is 13.8. The Hall–Kier alpha value is -2.89. The lowest BCUT2D eigenvalue weighted by Crippen LogP contribution is -2.44. The lowest BCUT2D eigenvalue weighted by atomic mass is 10.2. The van der Waals surface area contributed by atoms with Crippen LogP contribution < -0.4 is 19.1 Å². The fourth-order valence-electron chi connectivity index (χ4n) is 3.03. The van der Waals surface area contributed by atoms with Crippen molar-refractivity contribution in [1.29, 1.82) is 0 Å². The maximum absolute atomic E-state index is 5.47. The van der Waals surface area contributed by atoms with Gasteiger partial charge in [-0.3, -0.25) is 5.01 Å². The van der Waals surface area contributed by atoms with Crippen molar-refractivity contribution in [2.45, 2.75) is 0 Å². The van der Waals surface area contributed by atoms with Gasteiger partial charge >= 0.3 is 0 Å². The third-order valence-electron chi connectivity index (χ3n) is 4.48. The number of hydrogen-bond acceptors (Lipinski definition) is 6. The molecule has 1 fully saturated rings. The molecule has 0 bridgehead atoms. The predicted octanol–water partition coefficient (Wildman–Crippen LogP) is 2.87. The largest absolute Gasteiger partial charge is 0.497 e. The average molecular weight is 355 g/mol. The number of piperazine rings is 1. The van der Waals surface area contributed by atoms with Gasteiger partial charge in [0, 0.05) is 18.7 Å². The highest BCUT2D eigenvalue weighted by Gasteiger charge is 2.18. The molecule has 0 aliphatic carbocycles. The second-order valence-corrected chi connectivity index (χ2v) is 5.97. The Morgan fingerprint density at radius 1 is 0.846 bits per heavy atom. The van der Waals surface area contributed by atoms with Crippen LogP contribution in [0.25, 0.3) is 0 Å². The van der Waals surface area contributed by atoms with Crippen LogP contribution in [0.5, 0.6) is 17.2 Å². The van der Waals surface area contributed by atoms with E-state index in [4.69, 9.17) is 14.2 Å². The maximum Gasteiger partial charge on any atom is 0.142 e. The number of para-hydroxylation sites is 2. The topological polar surface area (TPSA) is 46.5 Å². The van der Waals surface area contributed by atoms with E-state index >= 15 is 0 Å². The number of nitrogens with zero attached hydrogens (tertiary/aromatic N) is 3. The van der Waals surface area contributed by atoms with Gasteiger partial charge in [0.15, 0.2) is 0 Å². The van der Waals surface area contributed by atoms with Crippen molar-refractivity contribution in [2.24, 2.45) is 5.10 Å². The number of benzene rings is 2. The van der Waals surface area contributed by atoms with E-state index in [0.717, 1.165) is 54.7 Å². The van der Waals surface area contributed by atoms with Crippen LogP contribution in [0.1, 0.15) is 5.56 Å². The molecule has 0 aromatic heterocycles. The van der Waals surface area contributed by atoms with E-state index in [0.29, 0.717) is 0 Å². The van der Waals surface area contributed by atoms with Crippen molar-refractivity contribution in [2.75, 3.05) is 52.4 Å². The van der Waals surface area contributed by atoms with Crippen molar-refractivity contribution in [1.82, 2.24) is 5.01 Å². The van der Waals surface area contributed by atoms with Gasteiger partial charge in [0.05, 0.1) is 46.3 Å². The molecule has 0 N–H and O–H groups in total. The van der Waals surface area contributed by atoms with Gasteiger partial charge in [0.1, 0.15) is 17.2 Å². The SMILES string of the molecule is COc1ccc(OC)c(C=NN2CCN(c3ccccc3OC)CC2)c1. The molecule has 26 heavy (non-hydrogen) atoms. The number of hydrazone groups is 1. The van der Waals surface area contributed by atoms with Gasteiger partial charge in [-0.05, 0) is 30.3 Å². The van der Waals surface area contributed by atoms with Crippen LogP contribution in [0.2, 0.25) is 0 Å². The minimum Gasteiger partial charge on any atom is -0.497 e. The Balaban J connectivity index is 1.65. The number of ether oxygens (including phenoxy) is 3. The first-order valence-corrected chi connectivity index (χ1v) is 8.64. The molecule has 1 saturated heterocycles. The van der Waals surface area contributed by atoms with Gasteiger partial charge < -0.3 is 19.1 Å². The zero-order valence-corrected chi connectivity index (χ0v) is 15.5. The van der Waals surface area contributed by atoms with Crippen LogP contribution in [0.3, 0.4) is 0 Å². The van der Waals surface area contributed by atoms with Gasteiger partial charge in [-0.1, -0.05) is 12.1 Å². The van der Waals surface area contributed by atoms with Crippen molar-refractivity contribution in [3.05, 3.63) is 48.0 Å². The number of hydrogen-bond donors (Lipinski definition) is 0. The van der Waals surface area contributed by atoms with Gasteiger partial charge in [0.2, 0.25) is 0 Å². The third-order valence-corrected chi connectivity index (χ3v) is 4.48. The molecule has 0 saturated carbocycles. The summed E-state index contributed by atoms with van der Waals surface area (Å²) in [5.74, 6) is 2.47. The first-order chi connectivity index (χ1) is 12.7. The van der Waals surface area contributed by atoms with Crippen molar-refractivity contribution in [3.8, 4) is 17.2 Å². The summed E-state index contributed by atoms with van der Waals surface area (Å²) >= 11 is 0. The molecule has 2 aromatic carbocycles. The second kappa shape index (κ2) is 8.47. The quantitative estimate of drug-likeness (QED) is 0.746. The van der Waals surface area contributed by atoms with Gasteiger partial charge in [0.25, 0.3) is 0 Å². The first kappa shape index (κ1) is 17.9. The Bertz CT molecular complexity index is 756. The molecule has 1 heterocycles. The summed E-state index contributed by atoms with van der Waals surface area (Å²) < 4.78 is 16.1. The van der Waals surface area contributed by atoms with E-state index in [-0.39, 0.29) is 0 Å². The molecule has 6 heteroatoms. The van der Waals surface area contributed by atoms with Gasteiger partial charge in [-0.2, -0.15) is 5.10 Å². The zero-order chi connectivity index (χ0) is 18.4. The minimum absolute atomic E-state index is 0.780. The third kappa shape index (κ3) is 4.02.